The van der Waals surface area contributed by atoms with Gasteiger partial charge in [-0.05, 0) is 60.0 Å². The van der Waals surface area contributed by atoms with Crippen LogP contribution in [0.4, 0.5) is 0 Å². The van der Waals surface area contributed by atoms with Crippen LogP contribution in [0.3, 0.4) is 0 Å². The summed E-state index contributed by atoms with van der Waals surface area (Å²) in [6.45, 7) is 9.70. The lowest BCUT2D eigenvalue weighted by Crippen LogP contribution is -2.16. The van der Waals surface area contributed by atoms with E-state index in [0.29, 0.717) is 23.1 Å². The van der Waals surface area contributed by atoms with Crippen LogP contribution < -0.4 is 0 Å². The lowest BCUT2D eigenvalue weighted by atomic mass is 9.89. The highest BCUT2D eigenvalue weighted by molar-refractivity contribution is 6.22. The molecule has 0 aromatic carbocycles. The molecule has 0 N–H and O–H groups in total. The molecular weight excluding hydrogens is 248 g/mol. The van der Waals surface area contributed by atoms with Gasteiger partial charge >= 0.3 is 0 Å². The maximum atomic E-state index is 12.0. The van der Waals surface area contributed by atoms with Crippen molar-refractivity contribution in [3.8, 4) is 0 Å². The molecule has 1 aliphatic rings. The van der Waals surface area contributed by atoms with Gasteiger partial charge < -0.3 is 0 Å². The SMILES string of the molecule is CC(C)=CCC/C(C)=C/CC1=C(C)C(=O)C(C)=CC1=O. The zero-order chi connectivity index (χ0) is 15.3. The van der Waals surface area contributed by atoms with E-state index in [4.69, 9.17) is 0 Å². The Hall–Kier alpha value is -1.70. The van der Waals surface area contributed by atoms with Crippen LogP contribution in [-0.2, 0) is 9.59 Å². The molecule has 0 fully saturated rings. The first kappa shape index (κ1) is 16.4. The predicted octanol–water partition coefficient (Wildman–Crippen LogP) is 4.48. The topological polar surface area (TPSA) is 34.1 Å². The molecule has 2 heteroatoms. The standard InChI is InChI=1S/C18H24O2/c1-12(2)7-6-8-13(3)9-10-16-15(5)18(20)14(4)11-17(16)19/h7,9,11H,6,8,10H2,1-5H3/b13-9+. The highest BCUT2D eigenvalue weighted by Crippen LogP contribution is 2.22. The molecule has 0 aromatic rings. The minimum absolute atomic E-state index is 0.00445. The Morgan fingerprint density at radius 3 is 2.35 bits per heavy atom. The quantitative estimate of drug-likeness (QED) is 0.546. The predicted molar refractivity (Wildman–Crippen MR) is 83.5 cm³/mol. The summed E-state index contributed by atoms with van der Waals surface area (Å²) in [7, 11) is 0. The van der Waals surface area contributed by atoms with Crippen molar-refractivity contribution in [3.63, 3.8) is 0 Å². The molecule has 0 saturated carbocycles. The van der Waals surface area contributed by atoms with Gasteiger partial charge in [-0.2, -0.15) is 0 Å². The number of Topliss-reactive ketones (excluding diaryl/α,β-unsaturated/α-hetero) is 1. The number of allylic oxidation sites excluding steroid dienone is 8. The molecule has 1 aliphatic carbocycles. The molecule has 0 spiro atoms. The molecule has 1 rings (SSSR count). The number of rotatable bonds is 5. The third-order valence-corrected chi connectivity index (χ3v) is 3.54. The van der Waals surface area contributed by atoms with E-state index >= 15 is 0 Å². The smallest absolute Gasteiger partial charge is 0.184 e. The molecule has 0 amide bonds. The molecular formula is C18H24O2. The average molecular weight is 272 g/mol. The highest BCUT2D eigenvalue weighted by Gasteiger charge is 2.22. The van der Waals surface area contributed by atoms with Gasteiger partial charge in [0.25, 0.3) is 0 Å². The van der Waals surface area contributed by atoms with Crippen LogP contribution in [0.1, 0.15) is 53.9 Å². The average Bonchev–Trinajstić information content (AvgIpc) is 2.35. The van der Waals surface area contributed by atoms with Gasteiger partial charge in [0.05, 0.1) is 0 Å². The molecule has 20 heavy (non-hydrogen) atoms. The van der Waals surface area contributed by atoms with Crippen molar-refractivity contribution in [2.24, 2.45) is 0 Å². The fourth-order valence-electron chi connectivity index (χ4n) is 2.19. The molecule has 2 nitrogen and oxygen atoms in total. The number of ketones is 2. The summed E-state index contributed by atoms with van der Waals surface area (Å²) < 4.78 is 0. The second-order valence-electron chi connectivity index (χ2n) is 5.70. The van der Waals surface area contributed by atoms with Gasteiger partial charge in [0.2, 0.25) is 0 Å². The van der Waals surface area contributed by atoms with E-state index in [1.807, 2.05) is 0 Å². The summed E-state index contributed by atoms with van der Waals surface area (Å²) in [5.41, 5.74) is 4.37. The van der Waals surface area contributed by atoms with Gasteiger partial charge in [0.15, 0.2) is 11.6 Å². The molecule has 0 bridgehead atoms. The van der Waals surface area contributed by atoms with E-state index < -0.39 is 0 Å². The number of carbonyl (C=O) groups excluding carboxylic acids is 2. The lowest BCUT2D eigenvalue weighted by Gasteiger charge is -2.13. The number of carbonyl (C=O) groups is 2. The number of hydrogen-bond acceptors (Lipinski definition) is 2. The summed E-state index contributed by atoms with van der Waals surface area (Å²) in [5.74, 6) is -0.0249. The van der Waals surface area contributed by atoms with Gasteiger partial charge in [0.1, 0.15) is 0 Å². The molecule has 0 radical (unpaired) electrons. The molecule has 0 saturated heterocycles. The minimum atomic E-state index is -0.0204. The Morgan fingerprint density at radius 2 is 1.75 bits per heavy atom. The minimum Gasteiger partial charge on any atom is -0.290 e. The van der Waals surface area contributed by atoms with Crippen LogP contribution in [0.15, 0.2) is 46.1 Å². The van der Waals surface area contributed by atoms with Crippen LogP contribution in [0.2, 0.25) is 0 Å². The maximum absolute atomic E-state index is 12.0. The fourth-order valence-corrected chi connectivity index (χ4v) is 2.19. The van der Waals surface area contributed by atoms with Gasteiger partial charge in [-0.1, -0.05) is 23.3 Å². The molecule has 0 heterocycles. The van der Waals surface area contributed by atoms with Crippen molar-refractivity contribution in [3.05, 3.63) is 46.1 Å². The highest BCUT2D eigenvalue weighted by atomic mass is 16.1. The van der Waals surface area contributed by atoms with Crippen LogP contribution in [0.25, 0.3) is 0 Å². The lowest BCUT2D eigenvalue weighted by molar-refractivity contribution is -0.115. The van der Waals surface area contributed by atoms with Crippen molar-refractivity contribution < 1.29 is 9.59 Å². The van der Waals surface area contributed by atoms with E-state index in [-0.39, 0.29) is 11.6 Å². The second-order valence-corrected chi connectivity index (χ2v) is 5.70. The molecule has 0 aliphatic heterocycles. The van der Waals surface area contributed by atoms with E-state index in [0.717, 1.165) is 12.8 Å². The Balaban J connectivity index is 2.71. The fraction of sp³-hybridized carbons (Fsp3) is 0.444. The van der Waals surface area contributed by atoms with Gasteiger partial charge in [-0.3, -0.25) is 9.59 Å². The molecule has 108 valence electrons. The van der Waals surface area contributed by atoms with Crippen molar-refractivity contribution in [2.45, 2.75) is 53.9 Å². The van der Waals surface area contributed by atoms with Gasteiger partial charge in [-0.25, -0.2) is 0 Å². The van der Waals surface area contributed by atoms with Gasteiger partial charge in [-0.15, -0.1) is 0 Å². The van der Waals surface area contributed by atoms with E-state index in [2.05, 4.69) is 32.9 Å². The van der Waals surface area contributed by atoms with Crippen molar-refractivity contribution in [2.75, 3.05) is 0 Å². The van der Waals surface area contributed by atoms with E-state index in [1.165, 1.54) is 17.2 Å². The summed E-state index contributed by atoms with van der Waals surface area (Å²) >= 11 is 0. The Kier molecular flexibility index (Phi) is 5.87. The van der Waals surface area contributed by atoms with Crippen LogP contribution in [0.5, 0.6) is 0 Å². The zero-order valence-corrected chi connectivity index (χ0v) is 13.2. The van der Waals surface area contributed by atoms with E-state index in [9.17, 15) is 9.59 Å². The Morgan fingerprint density at radius 1 is 1.10 bits per heavy atom. The molecule has 0 atom stereocenters. The first-order valence-corrected chi connectivity index (χ1v) is 7.09. The maximum Gasteiger partial charge on any atom is 0.184 e. The summed E-state index contributed by atoms with van der Waals surface area (Å²) in [6, 6.07) is 0. The summed E-state index contributed by atoms with van der Waals surface area (Å²) in [5, 5.41) is 0. The third-order valence-electron chi connectivity index (χ3n) is 3.54. The summed E-state index contributed by atoms with van der Waals surface area (Å²) in [6.07, 6.45) is 8.31. The Labute approximate surface area is 122 Å². The monoisotopic (exact) mass is 272 g/mol. The summed E-state index contributed by atoms with van der Waals surface area (Å²) in [4.78, 5) is 23.8. The first-order valence-electron chi connectivity index (χ1n) is 7.09. The van der Waals surface area contributed by atoms with Crippen molar-refractivity contribution in [1.29, 1.82) is 0 Å². The zero-order valence-electron chi connectivity index (χ0n) is 13.2. The molecule has 0 unspecified atom stereocenters. The van der Waals surface area contributed by atoms with Crippen LogP contribution in [-0.4, -0.2) is 11.6 Å². The second kappa shape index (κ2) is 7.18. The first-order chi connectivity index (χ1) is 9.32. The van der Waals surface area contributed by atoms with Crippen molar-refractivity contribution >= 4 is 11.6 Å². The number of hydrogen-bond donors (Lipinski definition) is 0. The van der Waals surface area contributed by atoms with Crippen LogP contribution >= 0.6 is 0 Å². The normalized spacial score (nSPS) is 16.4. The van der Waals surface area contributed by atoms with Crippen LogP contribution in [0, 0.1) is 0 Å². The Bertz CT molecular complexity index is 536. The van der Waals surface area contributed by atoms with E-state index in [1.54, 1.807) is 13.8 Å². The van der Waals surface area contributed by atoms with Gasteiger partial charge in [0, 0.05) is 16.7 Å². The van der Waals surface area contributed by atoms with Crippen molar-refractivity contribution in [1.82, 2.24) is 0 Å². The molecule has 0 aromatic heterocycles. The largest absolute Gasteiger partial charge is 0.290 e. The third kappa shape index (κ3) is 4.44.